The van der Waals surface area contributed by atoms with E-state index in [1.807, 2.05) is 30.7 Å². The standard InChI is InChI=1S/C21H23Cl2N5S/c22-14-3-1-4-15(18(14)23)29-20-19-25-9-12-28(19)17(13-26-20)27-10-7-21(8-11-27)6-2-5-16(21)24/h1,3-4,9,12-13,16H,2,5-8,10-11,24H2. The van der Waals surface area contributed by atoms with Crippen molar-refractivity contribution in [2.75, 3.05) is 18.0 Å². The number of hydrogen-bond acceptors (Lipinski definition) is 5. The summed E-state index contributed by atoms with van der Waals surface area (Å²) in [6, 6.07) is 5.99. The molecular formula is C21H23Cl2N5S. The highest BCUT2D eigenvalue weighted by atomic mass is 35.5. The number of aromatic nitrogens is 3. The average molecular weight is 448 g/mol. The number of benzene rings is 1. The summed E-state index contributed by atoms with van der Waals surface area (Å²) in [6.07, 6.45) is 11.8. The lowest BCUT2D eigenvalue weighted by Crippen LogP contribution is -2.47. The van der Waals surface area contributed by atoms with E-state index < -0.39 is 0 Å². The van der Waals surface area contributed by atoms with E-state index in [-0.39, 0.29) is 0 Å². The van der Waals surface area contributed by atoms with E-state index in [0.717, 1.165) is 47.3 Å². The normalized spacial score (nSPS) is 21.3. The summed E-state index contributed by atoms with van der Waals surface area (Å²) in [4.78, 5) is 12.6. The molecule has 8 heteroatoms. The zero-order valence-corrected chi connectivity index (χ0v) is 18.3. The monoisotopic (exact) mass is 447 g/mol. The Morgan fingerprint density at radius 1 is 1.14 bits per heavy atom. The molecule has 1 unspecified atom stereocenters. The van der Waals surface area contributed by atoms with Gasteiger partial charge in [0.25, 0.3) is 0 Å². The van der Waals surface area contributed by atoms with Crippen LogP contribution in [0.2, 0.25) is 10.0 Å². The first kappa shape index (κ1) is 19.5. The van der Waals surface area contributed by atoms with Crippen molar-refractivity contribution in [3.05, 3.63) is 46.8 Å². The molecule has 2 aromatic heterocycles. The van der Waals surface area contributed by atoms with Crippen LogP contribution in [0.3, 0.4) is 0 Å². The summed E-state index contributed by atoms with van der Waals surface area (Å²) in [7, 11) is 0. The second-order valence-corrected chi connectivity index (χ2v) is 9.86. The highest BCUT2D eigenvalue weighted by molar-refractivity contribution is 7.99. The Bertz CT molecular complexity index is 1040. The molecule has 3 heterocycles. The Hall–Kier alpha value is -1.47. The van der Waals surface area contributed by atoms with Crippen molar-refractivity contribution in [1.82, 2.24) is 14.4 Å². The first-order valence-corrected chi connectivity index (χ1v) is 11.6. The van der Waals surface area contributed by atoms with Gasteiger partial charge in [-0.25, -0.2) is 9.97 Å². The molecular weight excluding hydrogens is 425 g/mol. The van der Waals surface area contributed by atoms with Crippen molar-refractivity contribution < 1.29 is 0 Å². The third-order valence-electron chi connectivity index (χ3n) is 6.56. The summed E-state index contributed by atoms with van der Waals surface area (Å²) >= 11 is 14.0. The van der Waals surface area contributed by atoms with Crippen molar-refractivity contribution in [1.29, 1.82) is 0 Å². The molecule has 1 aromatic carbocycles. The van der Waals surface area contributed by atoms with E-state index in [1.165, 1.54) is 31.0 Å². The Kier molecular flexibility index (Phi) is 5.14. The quantitative estimate of drug-likeness (QED) is 0.591. The lowest BCUT2D eigenvalue weighted by atomic mass is 9.74. The van der Waals surface area contributed by atoms with E-state index in [2.05, 4.69) is 14.3 Å². The summed E-state index contributed by atoms with van der Waals surface area (Å²) in [6.45, 7) is 2.02. The third-order valence-corrected chi connectivity index (χ3v) is 8.53. The van der Waals surface area contributed by atoms with Gasteiger partial charge in [0.2, 0.25) is 0 Å². The van der Waals surface area contributed by atoms with Gasteiger partial charge in [0.05, 0.1) is 16.2 Å². The molecule has 5 nitrogen and oxygen atoms in total. The molecule has 29 heavy (non-hydrogen) atoms. The molecule has 2 aliphatic rings. The highest BCUT2D eigenvalue weighted by Crippen LogP contribution is 2.46. The lowest BCUT2D eigenvalue weighted by Gasteiger charge is -2.42. The molecule has 2 N–H and O–H groups in total. The number of imidazole rings is 1. The predicted molar refractivity (Wildman–Crippen MR) is 119 cm³/mol. The van der Waals surface area contributed by atoms with Crippen LogP contribution in [0.15, 0.2) is 46.7 Å². The molecule has 152 valence electrons. The molecule has 5 rings (SSSR count). The summed E-state index contributed by atoms with van der Waals surface area (Å²) in [5.41, 5.74) is 7.63. The van der Waals surface area contributed by atoms with Gasteiger partial charge in [-0.1, -0.05) is 47.5 Å². The largest absolute Gasteiger partial charge is 0.356 e. The number of piperidine rings is 1. The van der Waals surface area contributed by atoms with Gasteiger partial charge in [-0.05, 0) is 43.2 Å². The SMILES string of the molecule is NC1CCCC12CCN(c1cnc(Sc3cccc(Cl)c3Cl)c3nccn13)CC2. The minimum atomic E-state index is 0.344. The van der Waals surface area contributed by atoms with Gasteiger partial charge >= 0.3 is 0 Å². The van der Waals surface area contributed by atoms with Crippen molar-refractivity contribution in [3.63, 3.8) is 0 Å². The predicted octanol–water partition coefficient (Wildman–Crippen LogP) is 5.29. The van der Waals surface area contributed by atoms with Crippen LogP contribution in [0.25, 0.3) is 5.65 Å². The van der Waals surface area contributed by atoms with Crippen LogP contribution < -0.4 is 10.6 Å². The van der Waals surface area contributed by atoms with E-state index in [1.54, 1.807) is 6.07 Å². The van der Waals surface area contributed by atoms with Crippen molar-refractivity contribution in [2.24, 2.45) is 11.1 Å². The van der Waals surface area contributed by atoms with Gasteiger partial charge in [-0.2, -0.15) is 0 Å². The van der Waals surface area contributed by atoms with Crippen molar-refractivity contribution >= 4 is 46.4 Å². The van der Waals surface area contributed by atoms with E-state index in [0.29, 0.717) is 21.5 Å². The molecule has 1 aliphatic heterocycles. The maximum atomic E-state index is 6.45. The lowest BCUT2D eigenvalue weighted by molar-refractivity contribution is 0.197. The van der Waals surface area contributed by atoms with Crippen LogP contribution in [0.5, 0.6) is 0 Å². The molecule has 1 aliphatic carbocycles. The smallest absolute Gasteiger partial charge is 0.171 e. The molecule has 0 amide bonds. The van der Waals surface area contributed by atoms with Crippen LogP contribution in [0.4, 0.5) is 5.82 Å². The maximum Gasteiger partial charge on any atom is 0.171 e. The second kappa shape index (κ2) is 7.65. The van der Waals surface area contributed by atoms with Crippen molar-refractivity contribution in [2.45, 2.75) is 48.1 Å². The van der Waals surface area contributed by atoms with Crippen LogP contribution in [-0.2, 0) is 0 Å². The first-order chi connectivity index (χ1) is 14.1. The van der Waals surface area contributed by atoms with Crippen LogP contribution >= 0.6 is 35.0 Å². The molecule has 0 bridgehead atoms. The molecule has 1 atom stereocenters. The second-order valence-electron chi connectivity index (χ2n) is 8.04. The minimum Gasteiger partial charge on any atom is -0.356 e. The fraction of sp³-hybridized carbons (Fsp3) is 0.429. The van der Waals surface area contributed by atoms with Crippen LogP contribution in [0, 0.1) is 5.41 Å². The number of fused-ring (bicyclic) bond motifs is 1. The number of nitrogens with zero attached hydrogens (tertiary/aromatic N) is 4. The fourth-order valence-electron chi connectivity index (χ4n) is 4.82. The van der Waals surface area contributed by atoms with Crippen LogP contribution in [0.1, 0.15) is 32.1 Å². The Morgan fingerprint density at radius 3 is 2.72 bits per heavy atom. The Balaban J connectivity index is 1.42. The first-order valence-electron chi connectivity index (χ1n) is 10.0. The molecule has 3 aromatic rings. The number of rotatable bonds is 3. The topological polar surface area (TPSA) is 59.5 Å². The van der Waals surface area contributed by atoms with Crippen LogP contribution in [-0.4, -0.2) is 33.5 Å². The molecule has 1 spiro atoms. The van der Waals surface area contributed by atoms with Crippen molar-refractivity contribution in [3.8, 4) is 0 Å². The van der Waals surface area contributed by atoms with E-state index in [4.69, 9.17) is 33.9 Å². The molecule has 1 saturated heterocycles. The van der Waals surface area contributed by atoms with Gasteiger partial charge in [-0.15, -0.1) is 0 Å². The van der Waals surface area contributed by atoms with Gasteiger partial charge in [0.1, 0.15) is 10.8 Å². The maximum absolute atomic E-state index is 6.45. The summed E-state index contributed by atoms with van der Waals surface area (Å²) in [5, 5.41) is 1.90. The van der Waals surface area contributed by atoms with Gasteiger partial charge in [0, 0.05) is 36.4 Å². The molecule has 2 fully saturated rings. The van der Waals surface area contributed by atoms with Gasteiger partial charge in [0.15, 0.2) is 5.65 Å². The number of halogens is 2. The van der Waals surface area contributed by atoms with Gasteiger partial charge < -0.3 is 10.6 Å². The van der Waals surface area contributed by atoms with Gasteiger partial charge in [-0.3, -0.25) is 4.40 Å². The zero-order valence-electron chi connectivity index (χ0n) is 16.0. The summed E-state index contributed by atoms with van der Waals surface area (Å²) < 4.78 is 2.13. The minimum absolute atomic E-state index is 0.344. The molecule has 1 saturated carbocycles. The number of nitrogens with two attached hydrogens (primary N) is 1. The number of anilines is 1. The Labute approximate surface area is 184 Å². The third kappa shape index (κ3) is 3.40. The zero-order chi connectivity index (χ0) is 20.0. The average Bonchev–Trinajstić information content (AvgIpc) is 3.35. The Morgan fingerprint density at radius 2 is 1.97 bits per heavy atom. The highest BCUT2D eigenvalue weighted by Gasteiger charge is 2.43. The fourth-order valence-corrected chi connectivity index (χ4v) is 6.20. The van der Waals surface area contributed by atoms with E-state index in [9.17, 15) is 0 Å². The number of hydrogen-bond donors (Lipinski definition) is 1. The van der Waals surface area contributed by atoms with E-state index >= 15 is 0 Å². The summed E-state index contributed by atoms with van der Waals surface area (Å²) in [5.74, 6) is 1.08. The molecule has 0 radical (unpaired) electrons.